The molecule has 0 aliphatic rings. The highest BCUT2D eigenvalue weighted by Gasteiger charge is 1.85. The topological polar surface area (TPSA) is 9.23 Å². The molecule has 0 saturated heterocycles. The van der Waals surface area contributed by atoms with Crippen molar-refractivity contribution in [1.82, 2.24) is 0 Å². The first-order valence-electron chi connectivity index (χ1n) is 5.70. The van der Waals surface area contributed by atoms with Crippen molar-refractivity contribution >= 4 is 10.8 Å². The molecule has 0 saturated carbocycles. The summed E-state index contributed by atoms with van der Waals surface area (Å²) in [6.45, 7) is 3.81. The van der Waals surface area contributed by atoms with Crippen LogP contribution in [0.4, 0.5) is 0 Å². The first kappa shape index (κ1) is 13.0. The number of rotatable bonds is 2. The summed E-state index contributed by atoms with van der Waals surface area (Å²) < 4.78 is 4.77. The molecule has 2 aromatic rings. The minimum absolute atomic E-state index is 1.31. The summed E-state index contributed by atoms with van der Waals surface area (Å²) in [5, 5.41) is 2.62. The van der Waals surface area contributed by atoms with Gasteiger partial charge < -0.3 is 4.74 Å². The molecule has 1 heteroatoms. The van der Waals surface area contributed by atoms with Crippen molar-refractivity contribution in [2.45, 2.75) is 13.8 Å². The summed E-state index contributed by atoms with van der Waals surface area (Å²) in [5.74, 6) is 0. The van der Waals surface area contributed by atoms with Crippen molar-refractivity contribution in [1.29, 1.82) is 0 Å². The fraction of sp³-hybridized carbons (Fsp3) is 0.125. The van der Waals surface area contributed by atoms with E-state index in [0.29, 0.717) is 0 Å². The largest absolute Gasteiger partial charge is 0.473 e. The first-order chi connectivity index (χ1) is 8.38. The Hall–Kier alpha value is -2.02. The summed E-state index contributed by atoms with van der Waals surface area (Å²) in [6, 6.07) is 16.7. The molecule has 0 aliphatic carbocycles. The summed E-state index contributed by atoms with van der Waals surface area (Å²) in [6.07, 6.45) is 6.92. The molecule has 88 valence electrons. The summed E-state index contributed by atoms with van der Waals surface area (Å²) in [7, 11) is 0. The average molecular weight is 226 g/mol. The van der Waals surface area contributed by atoms with E-state index in [1.807, 2.05) is 26.0 Å². The van der Waals surface area contributed by atoms with E-state index in [4.69, 9.17) is 4.74 Å². The maximum absolute atomic E-state index is 4.77. The summed E-state index contributed by atoms with van der Waals surface area (Å²) in [4.78, 5) is 0. The van der Waals surface area contributed by atoms with E-state index in [9.17, 15) is 0 Å². The zero-order valence-electron chi connectivity index (χ0n) is 10.3. The molecule has 0 spiro atoms. The first-order valence-corrected chi connectivity index (χ1v) is 5.70. The Morgan fingerprint density at radius 2 is 1.06 bits per heavy atom. The van der Waals surface area contributed by atoms with Gasteiger partial charge in [0.1, 0.15) is 0 Å². The lowest BCUT2D eigenvalue weighted by molar-refractivity contribution is 0.401. The second kappa shape index (κ2) is 8.17. The van der Waals surface area contributed by atoms with Gasteiger partial charge in [-0.1, -0.05) is 60.7 Å². The zero-order valence-corrected chi connectivity index (χ0v) is 10.3. The fourth-order valence-corrected chi connectivity index (χ4v) is 1.34. The van der Waals surface area contributed by atoms with Crippen LogP contribution in [0.15, 0.2) is 73.2 Å². The van der Waals surface area contributed by atoms with E-state index >= 15 is 0 Å². The van der Waals surface area contributed by atoms with Crippen molar-refractivity contribution in [2.75, 3.05) is 0 Å². The van der Waals surface area contributed by atoms with Crippen molar-refractivity contribution in [2.24, 2.45) is 0 Å². The van der Waals surface area contributed by atoms with E-state index in [1.54, 1.807) is 12.5 Å². The van der Waals surface area contributed by atoms with Crippen LogP contribution < -0.4 is 0 Å². The van der Waals surface area contributed by atoms with Gasteiger partial charge in [-0.05, 0) is 24.6 Å². The minimum Gasteiger partial charge on any atom is -0.473 e. The molecule has 0 radical (unpaired) electrons. The lowest BCUT2D eigenvalue weighted by Gasteiger charge is -1.92. The monoisotopic (exact) mass is 226 g/mol. The lowest BCUT2D eigenvalue weighted by atomic mass is 10.1. The van der Waals surface area contributed by atoms with E-state index in [1.165, 1.54) is 10.8 Å². The molecule has 0 aromatic heterocycles. The minimum atomic E-state index is 1.31. The Kier molecular flexibility index (Phi) is 6.27. The summed E-state index contributed by atoms with van der Waals surface area (Å²) in [5.41, 5.74) is 0. The fourth-order valence-electron chi connectivity index (χ4n) is 1.34. The molecule has 0 N–H and O–H groups in total. The third-order valence-electron chi connectivity index (χ3n) is 2.09. The molecule has 2 aromatic carbocycles. The van der Waals surface area contributed by atoms with Gasteiger partial charge in [0.05, 0.1) is 12.5 Å². The molecular formula is C16H18O. The van der Waals surface area contributed by atoms with Crippen LogP contribution in [0.1, 0.15) is 13.8 Å². The molecule has 0 atom stereocenters. The van der Waals surface area contributed by atoms with E-state index in [2.05, 4.69) is 48.5 Å². The maximum atomic E-state index is 4.77. The Morgan fingerprint density at radius 3 is 1.35 bits per heavy atom. The molecule has 0 aliphatic heterocycles. The highest BCUT2D eigenvalue weighted by Crippen LogP contribution is 2.11. The van der Waals surface area contributed by atoms with Crippen LogP contribution >= 0.6 is 0 Å². The van der Waals surface area contributed by atoms with Gasteiger partial charge in [-0.3, -0.25) is 0 Å². The quantitative estimate of drug-likeness (QED) is 0.661. The van der Waals surface area contributed by atoms with Crippen molar-refractivity contribution in [3.05, 3.63) is 73.2 Å². The van der Waals surface area contributed by atoms with Gasteiger partial charge in [0, 0.05) is 0 Å². The SMILES string of the molecule is CC=COC=CC.c1ccc2ccccc2c1. The van der Waals surface area contributed by atoms with Crippen molar-refractivity contribution in [3.63, 3.8) is 0 Å². The Balaban J connectivity index is 0.000000185. The standard InChI is InChI=1S/C10H8.C6H10O/c1-2-6-10-8-4-3-7-9(10)5-1;1-3-5-7-6-4-2/h1-8H;3-6H,1-2H3. The Morgan fingerprint density at radius 1 is 0.706 bits per heavy atom. The van der Waals surface area contributed by atoms with Crippen molar-refractivity contribution in [3.8, 4) is 0 Å². The van der Waals surface area contributed by atoms with E-state index < -0.39 is 0 Å². The molecule has 0 heterocycles. The summed E-state index contributed by atoms with van der Waals surface area (Å²) >= 11 is 0. The Bertz CT molecular complexity index is 408. The van der Waals surface area contributed by atoms with Crippen molar-refractivity contribution < 1.29 is 4.74 Å². The van der Waals surface area contributed by atoms with Crippen LogP contribution in [-0.2, 0) is 4.74 Å². The number of hydrogen-bond acceptors (Lipinski definition) is 1. The molecule has 1 nitrogen and oxygen atoms in total. The third kappa shape index (κ3) is 5.03. The van der Waals surface area contributed by atoms with Gasteiger partial charge >= 0.3 is 0 Å². The molecule has 0 amide bonds. The maximum Gasteiger partial charge on any atom is 0.0858 e. The number of benzene rings is 2. The number of allylic oxidation sites excluding steroid dienone is 2. The second-order valence-corrected chi connectivity index (χ2v) is 3.42. The zero-order chi connectivity index (χ0) is 12.3. The highest BCUT2D eigenvalue weighted by atomic mass is 16.5. The van der Waals surface area contributed by atoms with Gasteiger partial charge in [0.15, 0.2) is 0 Å². The molecular weight excluding hydrogens is 208 g/mol. The third-order valence-corrected chi connectivity index (χ3v) is 2.09. The second-order valence-electron chi connectivity index (χ2n) is 3.42. The van der Waals surface area contributed by atoms with E-state index in [0.717, 1.165) is 0 Å². The van der Waals surface area contributed by atoms with Crippen LogP contribution in [0.5, 0.6) is 0 Å². The van der Waals surface area contributed by atoms with Crippen LogP contribution in [0.3, 0.4) is 0 Å². The molecule has 0 unspecified atom stereocenters. The van der Waals surface area contributed by atoms with Gasteiger partial charge in [-0.2, -0.15) is 0 Å². The highest BCUT2D eigenvalue weighted by molar-refractivity contribution is 5.81. The predicted octanol–water partition coefficient (Wildman–Crippen LogP) is 4.91. The predicted molar refractivity (Wildman–Crippen MR) is 74.7 cm³/mol. The lowest BCUT2D eigenvalue weighted by Crippen LogP contribution is -1.67. The molecule has 0 bridgehead atoms. The normalized spacial score (nSPS) is 10.5. The average Bonchev–Trinajstić information content (AvgIpc) is 2.40. The van der Waals surface area contributed by atoms with Gasteiger partial charge in [0.2, 0.25) is 0 Å². The molecule has 0 fully saturated rings. The van der Waals surface area contributed by atoms with E-state index in [-0.39, 0.29) is 0 Å². The van der Waals surface area contributed by atoms with Crippen LogP contribution in [-0.4, -0.2) is 0 Å². The van der Waals surface area contributed by atoms with Gasteiger partial charge in [0.25, 0.3) is 0 Å². The van der Waals surface area contributed by atoms with Gasteiger partial charge in [-0.25, -0.2) is 0 Å². The number of hydrogen-bond donors (Lipinski definition) is 0. The van der Waals surface area contributed by atoms with Gasteiger partial charge in [-0.15, -0.1) is 0 Å². The smallest absolute Gasteiger partial charge is 0.0858 e. The number of fused-ring (bicyclic) bond motifs is 1. The molecule has 17 heavy (non-hydrogen) atoms. The Labute approximate surface area is 103 Å². The number of ether oxygens (including phenoxy) is 1. The van der Waals surface area contributed by atoms with Crippen LogP contribution in [0.25, 0.3) is 10.8 Å². The van der Waals surface area contributed by atoms with Crippen LogP contribution in [0, 0.1) is 0 Å². The molecule has 2 rings (SSSR count). The van der Waals surface area contributed by atoms with Crippen LogP contribution in [0.2, 0.25) is 0 Å².